The molecule has 0 fully saturated rings. The number of hydrogen-bond donors (Lipinski definition) is 2. The fraction of sp³-hybridized carbons (Fsp3) is 0.500. The zero-order valence-corrected chi connectivity index (χ0v) is 9.12. The lowest BCUT2D eigenvalue weighted by Gasteiger charge is -2.09. The van der Waals surface area contributed by atoms with E-state index in [0.717, 1.165) is 6.54 Å². The van der Waals surface area contributed by atoms with Crippen LogP contribution in [0.4, 0.5) is 0 Å². The van der Waals surface area contributed by atoms with Crippen LogP contribution in [0.25, 0.3) is 0 Å². The summed E-state index contributed by atoms with van der Waals surface area (Å²) in [7, 11) is 3.91. The second-order valence-electron chi connectivity index (χ2n) is 3.56. The molecule has 0 spiro atoms. The maximum atomic E-state index is 11.5. The summed E-state index contributed by atoms with van der Waals surface area (Å²) in [6, 6.07) is 1.66. The highest BCUT2D eigenvalue weighted by Gasteiger charge is 2.08. The molecule has 0 unspecified atom stereocenters. The predicted octanol–water partition coefficient (Wildman–Crippen LogP) is 0.0297. The third-order valence-corrected chi connectivity index (χ3v) is 1.96. The van der Waals surface area contributed by atoms with Crippen LogP contribution in [0.3, 0.4) is 0 Å². The molecule has 0 aliphatic rings. The van der Waals surface area contributed by atoms with E-state index < -0.39 is 0 Å². The van der Waals surface area contributed by atoms with Crippen molar-refractivity contribution < 1.29 is 9.21 Å². The van der Waals surface area contributed by atoms with Gasteiger partial charge in [0.1, 0.15) is 12.0 Å². The molecule has 1 rings (SSSR count). The molecule has 1 aromatic rings. The van der Waals surface area contributed by atoms with Crippen molar-refractivity contribution in [3.05, 3.63) is 23.7 Å². The number of amides is 1. The van der Waals surface area contributed by atoms with E-state index in [0.29, 0.717) is 24.4 Å². The lowest BCUT2D eigenvalue weighted by atomic mass is 10.3. The summed E-state index contributed by atoms with van der Waals surface area (Å²) >= 11 is 0. The summed E-state index contributed by atoms with van der Waals surface area (Å²) in [6.45, 7) is 1.74. The topological polar surface area (TPSA) is 71.5 Å². The molecular weight excluding hydrogens is 194 g/mol. The maximum Gasteiger partial charge on any atom is 0.254 e. The number of nitrogens with one attached hydrogen (secondary N) is 1. The van der Waals surface area contributed by atoms with Crippen LogP contribution in [0.1, 0.15) is 16.1 Å². The van der Waals surface area contributed by atoms with Crippen molar-refractivity contribution in [1.29, 1.82) is 0 Å². The SMILES string of the molecule is CN(C)CCNC(=O)c1coc(CN)c1. The molecule has 3 N–H and O–H groups in total. The molecule has 0 aliphatic carbocycles. The van der Waals surface area contributed by atoms with Crippen LogP contribution in [0, 0.1) is 0 Å². The monoisotopic (exact) mass is 211 g/mol. The van der Waals surface area contributed by atoms with E-state index in [4.69, 9.17) is 10.2 Å². The molecule has 84 valence electrons. The van der Waals surface area contributed by atoms with E-state index in [-0.39, 0.29) is 5.91 Å². The van der Waals surface area contributed by atoms with E-state index >= 15 is 0 Å². The van der Waals surface area contributed by atoms with Crippen molar-refractivity contribution in [2.45, 2.75) is 6.54 Å². The molecule has 0 saturated heterocycles. The maximum absolute atomic E-state index is 11.5. The zero-order chi connectivity index (χ0) is 11.3. The molecule has 1 amide bonds. The minimum atomic E-state index is -0.125. The predicted molar refractivity (Wildman–Crippen MR) is 57.5 cm³/mol. The number of nitrogens with zero attached hydrogens (tertiary/aromatic N) is 1. The van der Waals surface area contributed by atoms with Crippen LogP contribution in [0.5, 0.6) is 0 Å². The molecule has 0 atom stereocenters. The molecule has 0 aliphatic heterocycles. The van der Waals surface area contributed by atoms with Gasteiger partial charge in [-0.15, -0.1) is 0 Å². The summed E-state index contributed by atoms with van der Waals surface area (Å²) in [4.78, 5) is 13.5. The van der Waals surface area contributed by atoms with Crippen molar-refractivity contribution >= 4 is 5.91 Å². The summed E-state index contributed by atoms with van der Waals surface area (Å²) in [5.41, 5.74) is 5.89. The van der Waals surface area contributed by atoms with Crippen LogP contribution in [0.2, 0.25) is 0 Å². The van der Waals surface area contributed by atoms with E-state index in [9.17, 15) is 4.79 Å². The Morgan fingerprint density at radius 1 is 1.60 bits per heavy atom. The van der Waals surface area contributed by atoms with E-state index in [1.54, 1.807) is 6.07 Å². The van der Waals surface area contributed by atoms with Gasteiger partial charge in [-0.3, -0.25) is 4.79 Å². The van der Waals surface area contributed by atoms with Gasteiger partial charge in [-0.1, -0.05) is 0 Å². The molecule has 0 saturated carbocycles. The van der Waals surface area contributed by atoms with E-state index in [1.165, 1.54) is 6.26 Å². The summed E-state index contributed by atoms with van der Waals surface area (Å²) in [5.74, 6) is 0.494. The number of rotatable bonds is 5. The van der Waals surface area contributed by atoms with Crippen LogP contribution in [0.15, 0.2) is 16.7 Å². The Balaban J connectivity index is 2.40. The highest BCUT2D eigenvalue weighted by Crippen LogP contribution is 2.06. The lowest BCUT2D eigenvalue weighted by Crippen LogP contribution is -2.31. The fourth-order valence-corrected chi connectivity index (χ4v) is 1.10. The molecule has 1 aromatic heterocycles. The number of carbonyl (C=O) groups excluding carboxylic acids is 1. The number of furan rings is 1. The Hall–Kier alpha value is -1.33. The second kappa shape index (κ2) is 5.53. The lowest BCUT2D eigenvalue weighted by molar-refractivity contribution is 0.0950. The van der Waals surface area contributed by atoms with Gasteiger partial charge in [0, 0.05) is 13.1 Å². The van der Waals surface area contributed by atoms with Crippen LogP contribution in [-0.4, -0.2) is 38.0 Å². The number of nitrogens with two attached hydrogens (primary N) is 1. The first-order chi connectivity index (χ1) is 7.13. The minimum Gasteiger partial charge on any atom is -0.467 e. The quantitative estimate of drug-likeness (QED) is 0.720. The van der Waals surface area contributed by atoms with Gasteiger partial charge >= 0.3 is 0 Å². The molecular formula is C10H17N3O2. The fourth-order valence-electron chi connectivity index (χ4n) is 1.10. The third-order valence-electron chi connectivity index (χ3n) is 1.96. The summed E-state index contributed by atoms with van der Waals surface area (Å²) in [6.07, 6.45) is 1.42. The summed E-state index contributed by atoms with van der Waals surface area (Å²) in [5, 5.41) is 2.79. The Labute approximate surface area is 89.2 Å². The van der Waals surface area contributed by atoms with E-state index in [1.807, 2.05) is 19.0 Å². The third kappa shape index (κ3) is 3.73. The second-order valence-corrected chi connectivity index (χ2v) is 3.56. The number of carbonyl (C=O) groups is 1. The van der Waals surface area contributed by atoms with Gasteiger partial charge in [0.25, 0.3) is 5.91 Å². The van der Waals surface area contributed by atoms with Gasteiger partial charge in [0.05, 0.1) is 12.1 Å². The first kappa shape index (κ1) is 11.7. The molecule has 0 bridgehead atoms. The number of hydrogen-bond acceptors (Lipinski definition) is 4. The first-order valence-corrected chi connectivity index (χ1v) is 4.84. The van der Waals surface area contributed by atoms with Crippen molar-refractivity contribution in [2.24, 2.45) is 5.73 Å². The van der Waals surface area contributed by atoms with Crippen molar-refractivity contribution in [1.82, 2.24) is 10.2 Å². The standard InChI is InChI=1S/C10H17N3O2/c1-13(2)4-3-12-10(14)8-5-9(6-11)15-7-8/h5,7H,3-4,6,11H2,1-2H3,(H,12,14). The van der Waals surface area contributed by atoms with Crippen molar-refractivity contribution in [3.63, 3.8) is 0 Å². The highest BCUT2D eigenvalue weighted by atomic mass is 16.3. The first-order valence-electron chi connectivity index (χ1n) is 4.84. The molecule has 5 heteroatoms. The van der Waals surface area contributed by atoms with Crippen molar-refractivity contribution in [3.8, 4) is 0 Å². The summed E-state index contributed by atoms with van der Waals surface area (Å²) < 4.78 is 5.07. The zero-order valence-electron chi connectivity index (χ0n) is 9.12. The molecule has 1 heterocycles. The Morgan fingerprint density at radius 3 is 2.87 bits per heavy atom. The minimum absolute atomic E-state index is 0.125. The Bertz CT molecular complexity index is 320. The van der Waals surface area contributed by atoms with Crippen LogP contribution in [-0.2, 0) is 6.54 Å². The van der Waals surface area contributed by atoms with Gasteiger partial charge in [0.2, 0.25) is 0 Å². The van der Waals surface area contributed by atoms with Gasteiger partial charge in [-0.25, -0.2) is 0 Å². The largest absolute Gasteiger partial charge is 0.467 e. The molecule has 15 heavy (non-hydrogen) atoms. The van der Waals surface area contributed by atoms with Gasteiger partial charge < -0.3 is 20.4 Å². The average molecular weight is 211 g/mol. The Morgan fingerprint density at radius 2 is 2.33 bits per heavy atom. The molecule has 0 aromatic carbocycles. The Kier molecular flexibility index (Phi) is 4.33. The van der Waals surface area contributed by atoms with E-state index in [2.05, 4.69) is 5.32 Å². The number of likely N-dealkylation sites (N-methyl/N-ethyl adjacent to an activating group) is 1. The van der Waals surface area contributed by atoms with Gasteiger partial charge in [0.15, 0.2) is 0 Å². The van der Waals surface area contributed by atoms with Crippen molar-refractivity contribution in [2.75, 3.05) is 27.2 Å². The average Bonchev–Trinajstić information content (AvgIpc) is 2.65. The smallest absolute Gasteiger partial charge is 0.254 e. The van der Waals surface area contributed by atoms with Gasteiger partial charge in [-0.2, -0.15) is 0 Å². The van der Waals surface area contributed by atoms with Gasteiger partial charge in [-0.05, 0) is 20.2 Å². The van der Waals surface area contributed by atoms with Crippen LogP contribution < -0.4 is 11.1 Å². The highest BCUT2D eigenvalue weighted by molar-refractivity contribution is 5.93. The molecule has 0 radical (unpaired) electrons. The van der Waals surface area contributed by atoms with Crippen LogP contribution >= 0.6 is 0 Å². The molecule has 5 nitrogen and oxygen atoms in total. The normalized spacial score (nSPS) is 10.7.